The summed E-state index contributed by atoms with van der Waals surface area (Å²) >= 11 is 0. The Bertz CT molecular complexity index is 626. The lowest BCUT2D eigenvalue weighted by Gasteiger charge is -2.37. The van der Waals surface area contributed by atoms with Gasteiger partial charge < -0.3 is 20.6 Å². The standard InChI is InChI=1S/C17H21F2N3O2/c18-15-6-13(21-8-12-9-22(10-12)17(23)24)7-16(19)14(15)5-11-1-3-20-4-2-11/h5-7,12,20-21H,1-4,8-10H2,(H,23,24). The summed E-state index contributed by atoms with van der Waals surface area (Å²) in [7, 11) is 0. The van der Waals surface area contributed by atoms with Gasteiger partial charge in [-0.25, -0.2) is 13.6 Å². The van der Waals surface area contributed by atoms with Gasteiger partial charge in [-0.2, -0.15) is 0 Å². The molecule has 0 saturated carbocycles. The summed E-state index contributed by atoms with van der Waals surface area (Å²) in [6.07, 6.45) is 2.30. The van der Waals surface area contributed by atoms with Crippen LogP contribution in [0.3, 0.4) is 0 Å². The largest absolute Gasteiger partial charge is 0.465 e. The number of rotatable bonds is 4. The number of piperidine rings is 1. The molecule has 0 spiro atoms. The number of hydrogen-bond acceptors (Lipinski definition) is 3. The van der Waals surface area contributed by atoms with E-state index in [-0.39, 0.29) is 11.5 Å². The molecule has 3 rings (SSSR count). The second kappa shape index (κ2) is 7.17. The van der Waals surface area contributed by atoms with Crippen molar-refractivity contribution in [2.24, 2.45) is 5.92 Å². The summed E-state index contributed by atoms with van der Waals surface area (Å²) in [5.41, 5.74) is 1.44. The van der Waals surface area contributed by atoms with Crippen LogP contribution in [0, 0.1) is 17.6 Å². The predicted octanol–water partition coefficient (Wildman–Crippen LogP) is 2.75. The maximum Gasteiger partial charge on any atom is 0.407 e. The van der Waals surface area contributed by atoms with Gasteiger partial charge >= 0.3 is 6.09 Å². The van der Waals surface area contributed by atoms with Gasteiger partial charge in [0.15, 0.2) is 0 Å². The van der Waals surface area contributed by atoms with Crippen molar-refractivity contribution in [1.82, 2.24) is 10.2 Å². The number of amides is 1. The maximum absolute atomic E-state index is 14.2. The van der Waals surface area contributed by atoms with Crippen LogP contribution in [0.2, 0.25) is 0 Å². The van der Waals surface area contributed by atoms with Crippen LogP contribution in [0.4, 0.5) is 19.3 Å². The lowest BCUT2D eigenvalue weighted by Crippen LogP contribution is -2.51. The van der Waals surface area contributed by atoms with Crippen molar-refractivity contribution in [3.8, 4) is 0 Å². The Balaban J connectivity index is 1.61. The Morgan fingerprint density at radius 2 is 1.92 bits per heavy atom. The van der Waals surface area contributed by atoms with Crippen molar-refractivity contribution in [2.75, 3.05) is 38.0 Å². The number of anilines is 1. The fraction of sp³-hybridized carbons (Fsp3) is 0.471. The van der Waals surface area contributed by atoms with E-state index >= 15 is 0 Å². The third-order valence-electron chi connectivity index (χ3n) is 4.50. The van der Waals surface area contributed by atoms with Gasteiger partial charge in [-0.05, 0) is 44.1 Å². The Morgan fingerprint density at radius 1 is 1.29 bits per heavy atom. The number of carbonyl (C=O) groups is 1. The molecule has 1 aromatic rings. The Hall–Kier alpha value is -2.15. The van der Waals surface area contributed by atoms with E-state index < -0.39 is 17.7 Å². The van der Waals surface area contributed by atoms with E-state index in [9.17, 15) is 13.6 Å². The molecule has 24 heavy (non-hydrogen) atoms. The predicted molar refractivity (Wildman–Crippen MR) is 88.0 cm³/mol. The number of hydrogen-bond donors (Lipinski definition) is 3. The van der Waals surface area contributed by atoms with Crippen molar-refractivity contribution in [1.29, 1.82) is 0 Å². The number of nitrogens with one attached hydrogen (secondary N) is 2. The Morgan fingerprint density at radius 3 is 2.50 bits per heavy atom. The number of carboxylic acid groups (broad SMARTS) is 1. The molecule has 2 saturated heterocycles. The average Bonchev–Trinajstić information content (AvgIpc) is 2.50. The molecule has 2 aliphatic rings. The van der Waals surface area contributed by atoms with Crippen LogP contribution in [0.5, 0.6) is 0 Å². The molecule has 2 heterocycles. The summed E-state index contributed by atoms with van der Waals surface area (Å²) < 4.78 is 28.5. The molecule has 0 bridgehead atoms. The number of nitrogens with zero attached hydrogens (tertiary/aromatic N) is 1. The highest BCUT2D eigenvalue weighted by Gasteiger charge is 2.30. The molecule has 0 atom stereocenters. The fourth-order valence-electron chi connectivity index (χ4n) is 3.04. The number of likely N-dealkylation sites (tertiary alicyclic amines) is 1. The molecular weight excluding hydrogens is 316 g/mol. The molecule has 1 amide bonds. The second-order valence-electron chi connectivity index (χ2n) is 6.34. The fourth-order valence-corrected chi connectivity index (χ4v) is 3.04. The van der Waals surface area contributed by atoms with Crippen molar-refractivity contribution >= 4 is 17.9 Å². The van der Waals surface area contributed by atoms with Crippen LogP contribution >= 0.6 is 0 Å². The first kappa shape index (κ1) is 16.7. The van der Waals surface area contributed by atoms with E-state index in [1.54, 1.807) is 6.08 Å². The van der Waals surface area contributed by atoms with Crippen LogP contribution in [0.1, 0.15) is 18.4 Å². The van der Waals surface area contributed by atoms with E-state index in [1.165, 1.54) is 17.0 Å². The first-order valence-corrected chi connectivity index (χ1v) is 8.14. The van der Waals surface area contributed by atoms with Crippen LogP contribution < -0.4 is 10.6 Å². The minimum Gasteiger partial charge on any atom is -0.465 e. The van der Waals surface area contributed by atoms with Crippen LogP contribution in [0.15, 0.2) is 17.7 Å². The lowest BCUT2D eigenvalue weighted by molar-refractivity contribution is 0.0864. The molecule has 1 aromatic carbocycles. The van der Waals surface area contributed by atoms with Gasteiger partial charge in [0.25, 0.3) is 0 Å². The van der Waals surface area contributed by atoms with Crippen molar-refractivity contribution in [3.63, 3.8) is 0 Å². The molecule has 7 heteroatoms. The molecule has 0 aliphatic carbocycles. The smallest absolute Gasteiger partial charge is 0.407 e. The Labute approximate surface area is 139 Å². The van der Waals surface area contributed by atoms with Gasteiger partial charge in [0.1, 0.15) is 11.6 Å². The zero-order valence-corrected chi connectivity index (χ0v) is 13.3. The van der Waals surface area contributed by atoms with Crippen LogP contribution in [-0.2, 0) is 0 Å². The summed E-state index contributed by atoms with van der Waals surface area (Å²) in [5, 5.41) is 15.0. The molecule has 0 unspecified atom stereocenters. The SMILES string of the molecule is O=C(O)N1CC(CNc2cc(F)c(C=C3CCNCC3)c(F)c2)C1. The van der Waals surface area contributed by atoms with Gasteiger partial charge in [0, 0.05) is 36.8 Å². The quantitative estimate of drug-likeness (QED) is 0.790. The molecule has 3 N–H and O–H groups in total. The first-order chi connectivity index (χ1) is 11.5. The van der Waals surface area contributed by atoms with Gasteiger partial charge in [-0.15, -0.1) is 0 Å². The summed E-state index contributed by atoms with van der Waals surface area (Å²) in [4.78, 5) is 12.0. The normalized spacial score (nSPS) is 18.2. The van der Waals surface area contributed by atoms with Crippen LogP contribution in [0.25, 0.3) is 6.08 Å². The van der Waals surface area contributed by atoms with Crippen LogP contribution in [-0.4, -0.2) is 48.8 Å². The topological polar surface area (TPSA) is 64.6 Å². The highest BCUT2D eigenvalue weighted by atomic mass is 19.1. The highest BCUT2D eigenvalue weighted by Crippen LogP contribution is 2.24. The molecule has 0 aromatic heterocycles. The zero-order valence-electron chi connectivity index (χ0n) is 13.3. The van der Waals surface area contributed by atoms with Crippen molar-refractivity contribution in [3.05, 3.63) is 34.9 Å². The molecule has 0 radical (unpaired) electrons. The summed E-state index contributed by atoms with van der Waals surface area (Å²) in [6.45, 7) is 3.07. The minimum atomic E-state index is -0.932. The molecule has 2 aliphatic heterocycles. The maximum atomic E-state index is 14.2. The zero-order chi connectivity index (χ0) is 17.1. The highest BCUT2D eigenvalue weighted by molar-refractivity contribution is 5.66. The van der Waals surface area contributed by atoms with Gasteiger partial charge in [-0.3, -0.25) is 0 Å². The van der Waals surface area contributed by atoms with Crippen molar-refractivity contribution < 1.29 is 18.7 Å². The van der Waals surface area contributed by atoms with E-state index in [4.69, 9.17) is 5.11 Å². The summed E-state index contributed by atoms with van der Waals surface area (Å²) in [5.74, 6) is -0.989. The third-order valence-corrected chi connectivity index (χ3v) is 4.50. The molecule has 5 nitrogen and oxygen atoms in total. The van der Waals surface area contributed by atoms with E-state index in [0.717, 1.165) is 31.5 Å². The van der Waals surface area contributed by atoms with Crippen molar-refractivity contribution in [2.45, 2.75) is 12.8 Å². The number of benzene rings is 1. The molecule has 2 fully saturated rings. The molecular formula is C17H21F2N3O2. The third kappa shape index (κ3) is 3.84. The minimum absolute atomic E-state index is 0.0122. The van der Waals surface area contributed by atoms with E-state index in [0.29, 0.717) is 25.3 Å². The second-order valence-corrected chi connectivity index (χ2v) is 6.34. The van der Waals surface area contributed by atoms with E-state index in [1.807, 2.05) is 0 Å². The summed E-state index contributed by atoms with van der Waals surface area (Å²) in [6, 6.07) is 2.59. The van der Waals surface area contributed by atoms with E-state index in [2.05, 4.69) is 10.6 Å². The van der Waals surface area contributed by atoms with Gasteiger partial charge in [0.2, 0.25) is 0 Å². The van der Waals surface area contributed by atoms with Gasteiger partial charge in [-0.1, -0.05) is 5.57 Å². The first-order valence-electron chi connectivity index (χ1n) is 8.14. The number of halogens is 2. The Kier molecular flexibility index (Phi) is 4.99. The molecule has 130 valence electrons. The monoisotopic (exact) mass is 337 g/mol. The lowest BCUT2D eigenvalue weighted by atomic mass is 10.00. The average molecular weight is 337 g/mol. The van der Waals surface area contributed by atoms with Gasteiger partial charge in [0.05, 0.1) is 0 Å².